The van der Waals surface area contributed by atoms with Gasteiger partial charge in [-0.15, -0.1) is 0 Å². The number of aryl methyl sites for hydroxylation is 1. The van der Waals surface area contributed by atoms with Gasteiger partial charge >= 0.3 is 0 Å². The maximum Gasteiger partial charge on any atom is 0.266 e. The van der Waals surface area contributed by atoms with Crippen molar-refractivity contribution in [2.75, 3.05) is 13.2 Å². The Morgan fingerprint density at radius 1 is 1.29 bits per heavy atom. The van der Waals surface area contributed by atoms with E-state index in [-0.39, 0.29) is 11.1 Å². The SMILES string of the molecule is Cc1[nH]c(=O)c(C#N)cc1-c1ccc(OCCCCCN)c(Cl)c1. The van der Waals surface area contributed by atoms with E-state index in [1.54, 1.807) is 25.1 Å². The molecule has 0 unspecified atom stereocenters. The minimum Gasteiger partial charge on any atom is -0.492 e. The lowest BCUT2D eigenvalue weighted by Crippen LogP contribution is -2.11. The van der Waals surface area contributed by atoms with Crippen molar-refractivity contribution in [2.24, 2.45) is 5.73 Å². The maximum atomic E-state index is 11.6. The lowest BCUT2D eigenvalue weighted by Gasteiger charge is -2.11. The van der Waals surface area contributed by atoms with Gasteiger partial charge in [0.25, 0.3) is 5.56 Å². The Labute approximate surface area is 146 Å². The zero-order valence-electron chi connectivity index (χ0n) is 13.6. The molecule has 2 rings (SSSR count). The summed E-state index contributed by atoms with van der Waals surface area (Å²) in [5.74, 6) is 0.621. The number of hydrogen-bond donors (Lipinski definition) is 2. The standard InChI is InChI=1S/C18H20ClN3O2/c1-12-15(9-14(11-21)18(23)22-12)13-5-6-17(16(19)10-13)24-8-4-2-3-7-20/h5-6,9-10H,2-4,7-8,20H2,1H3,(H,22,23). The molecule has 0 aliphatic rings. The largest absolute Gasteiger partial charge is 0.492 e. The fourth-order valence-corrected chi connectivity index (χ4v) is 2.63. The number of pyridine rings is 1. The summed E-state index contributed by atoms with van der Waals surface area (Å²) >= 11 is 6.29. The average molecular weight is 346 g/mol. The van der Waals surface area contributed by atoms with Crippen molar-refractivity contribution in [3.05, 3.63) is 50.9 Å². The molecular weight excluding hydrogens is 326 g/mol. The second kappa shape index (κ2) is 8.53. The van der Waals surface area contributed by atoms with Crippen LogP contribution in [0.5, 0.6) is 5.75 Å². The first-order chi connectivity index (χ1) is 11.6. The van der Waals surface area contributed by atoms with E-state index in [4.69, 9.17) is 27.3 Å². The third-order valence-corrected chi connectivity index (χ3v) is 4.00. The molecule has 0 radical (unpaired) electrons. The molecule has 126 valence electrons. The smallest absolute Gasteiger partial charge is 0.266 e. The van der Waals surface area contributed by atoms with Gasteiger partial charge in [-0.2, -0.15) is 5.26 Å². The van der Waals surface area contributed by atoms with E-state index in [1.165, 1.54) is 0 Å². The highest BCUT2D eigenvalue weighted by Gasteiger charge is 2.10. The van der Waals surface area contributed by atoms with E-state index in [1.807, 2.05) is 12.1 Å². The predicted octanol–water partition coefficient (Wildman–Crippen LogP) is 3.38. The zero-order chi connectivity index (χ0) is 17.5. The van der Waals surface area contributed by atoms with Crippen molar-refractivity contribution in [3.8, 4) is 22.9 Å². The molecule has 0 bridgehead atoms. The Morgan fingerprint density at radius 2 is 2.08 bits per heavy atom. The normalized spacial score (nSPS) is 10.4. The lowest BCUT2D eigenvalue weighted by molar-refractivity contribution is 0.306. The molecule has 6 heteroatoms. The minimum absolute atomic E-state index is 0.0759. The molecule has 5 nitrogen and oxygen atoms in total. The molecule has 0 saturated carbocycles. The molecule has 0 fully saturated rings. The quantitative estimate of drug-likeness (QED) is 0.752. The fourth-order valence-electron chi connectivity index (χ4n) is 2.40. The molecule has 0 spiro atoms. The number of H-pyrrole nitrogens is 1. The summed E-state index contributed by atoms with van der Waals surface area (Å²) in [7, 11) is 0. The Bertz CT molecular complexity index is 809. The van der Waals surface area contributed by atoms with Gasteiger partial charge in [0.2, 0.25) is 0 Å². The first-order valence-electron chi connectivity index (χ1n) is 7.83. The second-order valence-corrected chi connectivity index (χ2v) is 5.91. The molecule has 0 saturated heterocycles. The highest BCUT2D eigenvalue weighted by atomic mass is 35.5. The van der Waals surface area contributed by atoms with Crippen LogP contribution in [0.1, 0.15) is 30.5 Å². The van der Waals surface area contributed by atoms with Crippen molar-refractivity contribution in [1.82, 2.24) is 4.98 Å². The topological polar surface area (TPSA) is 91.9 Å². The molecule has 0 aliphatic carbocycles. The van der Waals surface area contributed by atoms with E-state index < -0.39 is 0 Å². The summed E-state index contributed by atoms with van der Waals surface area (Å²) in [6.45, 7) is 3.07. The Balaban J connectivity index is 2.18. The zero-order valence-corrected chi connectivity index (χ0v) is 14.3. The van der Waals surface area contributed by atoms with Gasteiger partial charge in [0.15, 0.2) is 0 Å². The van der Waals surface area contributed by atoms with E-state index in [2.05, 4.69) is 4.98 Å². The van der Waals surface area contributed by atoms with Gasteiger partial charge in [-0.1, -0.05) is 17.7 Å². The Hall–Kier alpha value is -2.29. The number of aromatic amines is 1. The van der Waals surface area contributed by atoms with Crippen molar-refractivity contribution < 1.29 is 4.74 Å². The van der Waals surface area contributed by atoms with Crippen LogP contribution in [0.3, 0.4) is 0 Å². The number of hydrogen-bond acceptors (Lipinski definition) is 4. The molecule has 3 N–H and O–H groups in total. The number of benzene rings is 1. The molecule has 1 aromatic heterocycles. The summed E-state index contributed by atoms with van der Waals surface area (Å²) in [5.41, 5.74) is 7.42. The number of nitrogens with two attached hydrogens (primary N) is 1. The van der Waals surface area contributed by atoms with Crippen molar-refractivity contribution in [3.63, 3.8) is 0 Å². The van der Waals surface area contributed by atoms with Crippen LogP contribution in [0.2, 0.25) is 5.02 Å². The summed E-state index contributed by atoms with van der Waals surface area (Å²) < 4.78 is 5.69. The van der Waals surface area contributed by atoms with Crippen LogP contribution >= 0.6 is 11.6 Å². The summed E-state index contributed by atoms with van der Waals surface area (Å²) in [6.07, 6.45) is 2.95. The maximum absolute atomic E-state index is 11.6. The molecule has 0 atom stereocenters. The molecule has 0 amide bonds. The molecule has 24 heavy (non-hydrogen) atoms. The van der Waals surface area contributed by atoms with Crippen molar-refractivity contribution >= 4 is 11.6 Å². The highest BCUT2D eigenvalue weighted by molar-refractivity contribution is 6.32. The van der Waals surface area contributed by atoms with E-state index >= 15 is 0 Å². The van der Waals surface area contributed by atoms with Crippen LogP contribution in [-0.4, -0.2) is 18.1 Å². The van der Waals surface area contributed by atoms with Crippen LogP contribution < -0.4 is 16.0 Å². The van der Waals surface area contributed by atoms with E-state index in [0.717, 1.165) is 30.4 Å². The Morgan fingerprint density at radius 3 is 2.75 bits per heavy atom. The van der Waals surface area contributed by atoms with Gasteiger partial charge in [0.05, 0.1) is 11.6 Å². The van der Waals surface area contributed by atoms with Gasteiger partial charge in [0.1, 0.15) is 17.4 Å². The van der Waals surface area contributed by atoms with Gasteiger partial charge < -0.3 is 15.5 Å². The number of nitrogens with one attached hydrogen (secondary N) is 1. The van der Waals surface area contributed by atoms with Gasteiger partial charge in [-0.25, -0.2) is 0 Å². The molecule has 2 aromatic rings. The van der Waals surface area contributed by atoms with E-state index in [9.17, 15) is 4.79 Å². The fraction of sp³-hybridized carbons (Fsp3) is 0.333. The number of aromatic nitrogens is 1. The van der Waals surface area contributed by atoms with Crippen LogP contribution in [0.25, 0.3) is 11.1 Å². The summed E-state index contributed by atoms with van der Waals surface area (Å²) in [6, 6.07) is 8.91. The van der Waals surface area contributed by atoms with E-state index in [0.29, 0.717) is 29.6 Å². The molecule has 1 heterocycles. The molecule has 0 aliphatic heterocycles. The van der Waals surface area contributed by atoms with Crippen LogP contribution in [0.4, 0.5) is 0 Å². The number of unbranched alkanes of at least 4 members (excludes halogenated alkanes) is 2. The summed E-state index contributed by atoms with van der Waals surface area (Å²) in [4.78, 5) is 14.3. The lowest BCUT2D eigenvalue weighted by atomic mass is 10.0. The van der Waals surface area contributed by atoms with Crippen molar-refractivity contribution in [1.29, 1.82) is 5.26 Å². The molecule has 1 aromatic carbocycles. The summed E-state index contributed by atoms with van der Waals surface area (Å²) in [5, 5.41) is 9.51. The first-order valence-corrected chi connectivity index (χ1v) is 8.21. The number of ether oxygens (including phenoxy) is 1. The molecular formula is C18H20ClN3O2. The van der Waals surface area contributed by atoms with Gasteiger partial charge in [-0.3, -0.25) is 4.79 Å². The van der Waals surface area contributed by atoms with Crippen molar-refractivity contribution in [2.45, 2.75) is 26.2 Å². The van der Waals surface area contributed by atoms with Crippen LogP contribution in [0.15, 0.2) is 29.1 Å². The minimum atomic E-state index is -0.387. The number of nitriles is 1. The number of rotatable bonds is 7. The first kappa shape index (κ1) is 18.1. The predicted molar refractivity (Wildman–Crippen MR) is 95.4 cm³/mol. The third kappa shape index (κ3) is 4.38. The van der Waals surface area contributed by atoms with Gasteiger partial charge in [-0.05, 0) is 56.5 Å². The third-order valence-electron chi connectivity index (χ3n) is 3.71. The van der Waals surface area contributed by atoms with Crippen LogP contribution in [-0.2, 0) is 0 Å². The second-order valence-electron chi connectivity index (χ2n) is 5.51. The average Bonchev–Trinajstić information content (AvgIpc) is 2.56. The van der Waals surface area contributed by atoms with Gasteiger partial charge in [0, 0.05) is 11.3 Å². The van der Waals surface area contributed by atoms with Crippen LogP contribution in [0, 0.1) is 18.3 Å². The number of halogens is 1. The monoisotopic (exact) mass is 345 g/mol. The highest BCUT2D eigenvalue weighted by Crippen LogP contribution is 2.31. The Kier molecular flexibility index (Phi) is 6.42. The number of nitrogens with zero attached hydrogens (tertiary/aromatic N) is 1.